The van der Waals surface area contributed by atoms with E-state index in [-0.39, 0.29) is 12.2 Å². The fourth-order valence-electron chi connectivity index (χ4n) is 3.99. The summed E-state index contributed by atoms with van der Waals surface area (Å²) in [6.07, 6.45) is 6.56. The molecular formula is C24H23Cl2N5O. The largest absolute Gasteiger partial charge is 0.341 e. The number of benzene rings is 1. The van der Waals surface area contributed by atoms with E-state index in [1.807, 2.05) is 18.2 Å². The minimum absolute atomic E-state index is 0.132. The van der Waals surface area contributed by atoms with E-state index in [0.29, 0.717) is 27.3 Å². The number of halogens is 2. The molecule has 0 spiro atoms. The number of pyridine rings is 1. The highest BCUT2D eigenvalue weighted by atomic mass is 35.5. The molecule has 1 N–H and O–H groups in total. The van der Waals surface area contributed by atoms with Crippen molar-refractivity contribution in [1.29, 1.82) is 0 Å². The summed E-state index contributed by atoms with van der Waals surface area (Å²) in [6.45, 7) is 1.99. The van der Waals surface area contributed by atoms with Gasteiger partial charge in [0.05, 0.1) is 21.3 Å². The Labute approximate surface area is 197 Å². The van der Waals surface area contributed by atoms with Crippen LogP contribution < -0.4 is 10.2 Å². The minimum atomic E-state index is -0.132. The van der Waals surface area contributed by atoms with Gasteiger partial charge in [0.2, 0.25) is 5.95 Å². The minimum Gasteiger partial charge on any atom is -0.341 e. The first-order chi connectivity index (χ1) is 15.6. The number of nitrogens with one attached hydrogen (secondary N) is 1. The molecule has 0 unspecified atom stereocenters. The highest BCUT2D eigenvalue weighted by Gasteiger charge is 2.27. The number of carbonyl (C=O) groups excluding carboxylic acids is 1. The highest BCUT2D eigenvalue weighted by Crippen LogP contribution is 2.40. The van der Waals surface area contributed by atoms with Crippen molar-refractivity contribution in [2.24, 2.45) is 0 Å². The van der Waals surface area contributed by atoms with Crippen molar-refractivity contribution in [3.05, 3.63) is 69.5 Å². The number of ketones is 1. The maximum atomic E-state index is 12.8. The molecule has 3 heterocycles. The van der Waals surface area contributed by atoms with Gasteiger partial charge in [-0.25, -0.2) is 9.97 Å². The summed E-state index contributed by atoms with van der Waals surface area (Å²) in [7, 11) is 0. The summed E-state index contributed by atoms with van der Waals surface area (Å²) < 4.78 is 0. The molecule has 2 fully saturated rings. The third-order valence-electron chi connectivity index (χ3n) is 5.81. The van der Waals surface area contributed by atoms with Crippen LogP contribution in [0.3, 0.4) is 0 Å². The maximum absolute atomic E-state index is 12.8. The molecule has 164 valence electrons. The summed E-state index contributed by atoms with van der Waals surface area (Å²) in [4.78, 5) is 29.0. The van der Waals surface area contributed by atoms with Crippen molar-refractivity contribution in [2.75, 3.05) is 23.3 Å². The van der Waals surface area contributed by atoms with E-state index < -0.39 is 0 Å². The van der Waals surface area contributed by atoms with Crippen LogP contribution in [-0.2, 0) is 6.42 Å². The molecule has 1 aromatic carbocycles. The molecule has 1 aliphatic carbocycles. The van der Waals surface area contributed by atoms with Crippen molar-refractivity contribution >= 4 is 46.6 Å². The lowest BCUT2D eigenvalue weighted by atomic mass is 10.0. The zero-order valence-electron chi connectivity index (χ0n) is 17.5. The topological polar surface area (TPSA) is 71.0 Å². The van der Waals surface area contributed by atoms with Gasteiger partial charge in [-0.05, 0) is 55.5 Å². The van der Waals surface area contributed by atoms with Crippen LogP contribution in [0.2, 0.25) is 10.0 Å². The van der Waals surface area contributed by atoms with Crippen LogP contribution in [0, 0.1) is 0 Å². The van der Waals surface area contributed by atoms with E-state index in [1.54, 1.807) is 24.4 Å². The van der Waals surface area contributed by atoms with E-state index in [2.05, 4.69) is 15.2 Å². The molecule has 0 bridgehead atoms. The van der Waals surface area contributed by atoms with Crippen LogP contribution in [0.4, 0.5) is 17.6 Å². The number of hydrogen-bond donors (Lipinski definition) is 1. The number of rotatable bonds is 7. The third-order valence-corrected chi connectivity index (χ3v) is 6.44. The number of anilines is 3. The van der Waals surface area contributed by atoms with Crippen LogP contribution >= 0.6 is 23.2 Å². The Balaban J connectivity index is 1.36. The van der Waals surface area contributed by atoms with E-state index in [0.717, 1.165) is 36.1 Å². The van der Waals surface area contributed by atoms with Crippen LogP contribution in [0.15, 0.2) is 42.6 Å². The summed E-state index contributed by atoms with van der Waals surface area (Å²) in [5, 5.41) is 4.03. The Morgan fingerprint density at radius 1 is 1.03 bits per heavy atom. The molecule has 8 heteroatoms. The first-order valence-corrected chi connectivity index (χ1v) is 11.7. The molecule has 2 aliphatic rings. The van der Waals surface area contributed by atoms with Crippen molar-refractivity contribution in [2.45, 2.75) is 38.0 Å². The van der Waals surface area contributed by atoms with Gasteiger partial charge in [0, 0.05) is 37.7 Å². The molecule has 1 saturated carbocycles. The van der Waals surface area contributed by atoms with Gasteiger partial charge in [0.25, 0.3) is 0 Å². The zero-order valence-corrected chi connectivity index (χ0v) is 19.0. The first-order valence-electron chi connectivity index (χ1n) is 10.9. The van der Waals surface area contributed by atoms with E-state index in [1.165, 1.54) is 25.7 Å². The Kier molecular flexibility index (Phi) is 5.98. The van der Waals surface area contributed by atoms with Crippen molar-refractivity contribution in [3.8, 4) is 0 Å². The van der Waals surface area contributed by atoms with Gasteiger partial charge < -0.3 is 10.2 Å². The monoisotopic (exact) mass is 467 g/mol. The maximum Gasteiger partial charge on any atom is 0.227 e. The number of hydrogen-bond acceptors (Lipinski definition) is 6. The summed E-state index contributed by atoms with van der Waals surface area (Å²) >= 11 is 12.4. The molecule has 1 saturated heterocycles. The summed E-state index contributed by atoms with van der Waals surface area (Å²) in [6, 6.07) is 10.8. The molecule has 32 heavy (non-hydrogen) atoms. The molecule has 0 amide bonds. The second-order valence-corrected chi connectivity index (χ2v) is 9.13. The van der Waals surface area contributed by atoms with Gasteiger partial charge in [0.1, 0.15) is 11.6 Å². The Morgan fingerprint density at radius 3 is 2.50 bits per heavy atom. The molecule has 5 rings (SSSR count). The Bertz CT molecular complexity index is 1140. The van der Waals surface area contributed by atoms with Gasteiger partial charge in [-0.2, -0.15) is 4.98 Å². The van der Waals surface area contributed by atoms with Gasteiger partial charge in [-0.1, -0.05) is 29.3 Å². The lowest BCUT2D eigenvalue weighted by Gasteiger charge is -2.17. The summed E-state index contributed by atoms with van der Waals surface area (Å²) in [5.74, 6) is 2.54. The van der Waals surface area contributed by atoms with Crippen molar-refractivity contribution in [3.63, 3.8) is 0 Å². The lowest BCUT2D eigenvalue weighted by Crippen LogP contribution is -2.21. The summed E-state index contributed by atoms with van der Waals surface area (Å²) in [5.41, 5.74) is 2.26. The number of carbonyl (C=O) groups is 1. The predicted molar refractivity (Wildman–Crippen MR) is 127 cm³/mol. The van der Waals surface area contributed by atoms with Gasteiger partial charge in [-0.3, -0.25) is 4.79 Å². The Hall–Kier alpha value is -2.70. The van der Waals surface area contributed by atoms with Gasteiger partial charge >= 0.3 is 0 Å². The SMILES string of the molecule is O=C(Cc1ccnc(Nc2cc(C3CC3)nc(N3CCCC3)n2)c1)c1c(Cl)cccc1Cl. The van der Waals surface area contributed by atoms with Crippen LogP contribution in [0.25, 0.3) is 0 Å². The van der Waals surface area contributed by atoms with Crippen LogP contribution in [-0.4, -0.2) is 33.8 Å². The predicted octanol–water partition coefficient (Wildman–Crippen LogP) is 5.83. The fraction of sp³-hybridized carbons (Fsp3) is 0.333. The second kappa shape index (κ2) is 9.04. The smallest absolute Gasteiger partial charge is 0.227 e. The van der Waals surface area contributed by atoms with E-state index in [4.69, 9.17) is 33.2 Å². The normalized spacial score (nSPS) is 15.8. The van der Waals surface area contributed by atoms with Gasteiger partial charge in [-0.15, -0.1) is 0 Å². The molecule has 3 aromatic rings. The number of nitrogens with zero attached hydrogens (tertiary/aromatic N) is 4. The fourth-order valence-corrected chi connectivity index (χ4v) is 4.59. The van der Waals surface area contributed by atoms with Crippen LogP contribution in [0.5, 0.6) is 0 Å². The Morgan fingerprint density at radius 2 is 1.78 bits per heavy atom. The van der Waals surface area contributed by atoms with Crippen molar-refractivity contribution in [1.82, 2.24) is 15.0 Å². The third kappa shape index (κ3) is 4.71. The standard InChI is InChI=1S/C24H23Cl2N5O/c25-17-4-3-5-18(26)23(17)20(32)12-15-8-9-27-21(13-15)29-22-14-19(16-6-7-16)28-24(30-22)31-10-1-2-11-31/h3-5,8-9,13-14,16H,1-2,6-7,10-12H2,(H,27,28,29,30). The molecule has 1 aliphatic heterocycles. The second-order valence-electron chi connectivity index (χ2n) is 8.32. The van der Waals surface area contributed by atoms with E-state index >= 15 is 0 Å². The lowest BCUT2D eigenvalue weighted by molar-refractivity contribution is 0.0993. The molecule has 2 aromatic heterocycles. The average Bonchev–Trinajstić information content (AvgIpc) is 3.47. The number of Topliss-reactive ketones (excluding diaryl/α,β-unsaturated/α-hetero) is 1. The van der Waals surface area contributed by atoms with Crippen LogP contribution in [0.1, 0.15) is 53.2 Å². The highest BCUT2D eigenvalue weighted by molar-refractivity contribution is 6.39. The molecule has 0 radical (unpaired) electrons. The quantitative estimate of drug-likeness (QED) is 0.441. The molecule has 0 atom stereocenters. The molecular weight excluding hydrogens is 445 g/mol. The van der Waals surface area contributed by atoms with Crippen molar-refractivity contribution < 1.29 is 4.79 Å². The zero-order chi connectivity index (χ0) is 22.1. The molecule has 6 nitrogen and oxygen atoms in total. The average molecular weight is 468 g/mol. The van der Waals surface area contributed by atoms with E-state index in [9.17, 15) is 4.79 Å². The first kappa shape index (κ1) is 21.2. The van der Waals surface area contributed by atoms with Gasteiger partial charge in [0.15, 0.2) is 5.78 Å². The number of aromatic nitrogens is 3.